The number of hydrogen-bond donors (Lipinski definition) is 1. The van der Waals surface area contributed by atoms with E-state index in [9.17, 15) is 4.79 Å². The third-order valence-electron chi connectivity index (χ3n) is 5.47. The summed E-state index contributed by atoms with van der Waals surface area (Å²) in [7, 11) is 0. The van der Waals surface area contributed by atoms with Crippen molar-refractivity contribution in [1.29, 1.82) is 0 Å². The Morgan fingerprint density at radius 1 is 1.10 bits per heavy atom. The summed E-state index contributed by atoms with van der Waals surface area (Å²) < 4.78 is 0. The number of likely N-dealkylation sites (tertiary alicyclic amines) is 1. The van der Waals surface area contributed by atoms with Crippen LogP contribution < -0.4 is 5.32 Å². The summed E-state index contributed by atoms with van der Waals surface area (Å²) in [6, 6.07) is 18.6. The van der Waals surface area contributed by atoms with Crippen molar-refractivity contribution in [3.63, 3.8) is 0 Å². The van der Waals surface area contributed by atoms with Crippen LogP contribution >= 0.6 is 11.3 Å². The third-order valence-corrected chi connectivity index (χ3v) is 6.46. The molecule has 0 aliphatic carbocycles. The second kappa shape index (κ2) is 9.33. The molecule has 1 N–H and O–H groups in total. The second-order valence-corrected chi connectivity index (χ2v) is 8.51. The maximum atomic E-state index is 12.6. The smallest absolute Gasteiger partial charge is 0.251 e. The molecule has 4 rings (SSSR count). The quantitative estimate of drug-likeness (QED) is 0.643. The van der Waals surface area contributed by atoms with Gasteiger partial charge in [0, 0.05) is 42.2 Å². The highest BCUT2D eigenvalue weighted by Crippen LogP contribution is 2.23. The average molecular weight is 406 g/mol. The lowest BCUT2D eigenvalue weighted by Gasteiger charge is -2.32. The first kappa shape index (κ1) is 19.8. The van der Waals surface area contributed by atoms with E-state index < -0.39 is 0 Å². The van der Waals surface area contributed by atoms with Crippen molar-refractivity contribution in [2.75, 3.05) is 13.1 Å². The van der Waals surface area contributed by atoms with Gasteiger partial charge in [-0.1, -0.05) is 49.4 Å². The number of nitrogens with one attached hydrogen (secondary N) is 1. The topological polar surface area (TPSA) is 45.2 Å². The molecule has 0 bridgehead atoms. The number of piperidine rings is 1. The van der Waals surface area contributed by atoms with Crippen molar-refractivity contribution >= 4 is 17.2 Å². The Labute approximate surface area is 176 Å². The number of rotatable bonds is 6. The van der Waals surface area contributed by atoms with Gasteiger partial charge in [-0.05, 0) is 37.0 Å². The second-order valence-electron chi connectivity index (χ2n) is 7.57. The Bertz CT molecular complexity index is 928. The van der Waals surface area contributed by atoms with Crippen molar-refractivity contribution < 1.29 is 4.79 Å². The summed E-state index contributed by atoms with van der Waals surface area (Å²) in [4.78, 5) is 19.7. The molecule has 4 nitrogen and oxygen atoms in total. The van der Waals surface area contributed by atoms with Gasteiger partial charge in [-0.2, -0.15) is 0 Å². The lowest BCUT2D eigenvalue weighted by Crippen LogP contribution is -2.44. The molecule has 2 heterocycles. The zero-order chi connectivity index (χ0) is 20.1. The molecule has 2 aromatic carbocycles. The standard InChI is InChI=1S/C24H27N3OS/c1-2-23-26-22(17-29-23)19-8-10-20(11-9-19)24(28)25-21-12-14-27(15-13-21)16-18-6-4-3-5-7-18/h3-11,17,21H,2,12-16H2,1H3,(H,25,28). The number of nitrogens with zero attached hydrogens (tertiary/aromatic N) is 2. The molecule has 3 aromatic rings. The zero-order valence-corrected chi connectivity index (χ0v) is 17.6. The fourth-order valence-electron chi connectivity index (χ4n) is 3.74. The third kappa shape index (κ3) is 5.11. The van der Waals surface area contributed by atoms with Gasteiger partial charge in [0.1, 0.15) is 0 Å². The Kier molecular flexibility index (Phi) is 6.37. The molecular weight excluding hydrogens is 378 g/mol. The highest BCUT2D eigenvalue weighted by Gasteiger charge is 2.21. The molecule has 29 heavy (non-hydrogen) atoms. The number of benzene rings is 2. The van der Waals surface area contributed by atoms with Crippen molar-refractivity contribution in [1.82, 2.24) is 15.2 Å². The van der Waals surface area contributed by atoms with E-state index in [-0.39, 0.29) is 11.9 Å². The minimum Gasteiger partial charge on any atom is -0.349 e. The molecule has 1 aromatic heterocycles. The highest BCUT2D eigenvalue weighted by molar-refractivity contribution is 7.09. The molecule has 0 radical (unpaired) electrons. The summed E-state index contributed by atoms with van der Waals surface area (Å²) in [5.41, 5.74) is 4.11. The summed E-state index contributed by atoms with van der Waals surface area (Å²) in [6.45, 7) is 5.13. The van der Waals surface area contributed by atoms with E-state index in [0.29, 0.717) is 5.56 Å². The van der Waals surface area contributed by atoms with Crippen LogP contribution in [0.4, 0.5) is 0 Å². The predicted octanol–water partition coefficient (Wildman–Crippen LogP) is 4.77. The summed E-state index contributed by atoms with van der Waals surface area (Å²) in [6.07, 6.45) is 2.94. The predicted molar refractivity (Wildman–Crippen MR) is 119 cm³/mol. The van der Waals surface area contributed by atoms with Gasteiger partial charge in [0.05, 0.1) is 10.7 Å². The molecule has 0 atom stereocenters. The van der Waals surface area contributed by atoms with Crippen molar-refractivity contribution in [3.05, 3.63) is 76.1 Å². The molecule has 1 fully saturated rings. The molecule has 0 saturated carbocycles. The lowest BCUT2D eigenvalue weighted by molar-refractivity contribution is 0.0909. The van der Waals surface area contributed by atoms with Crippen molar-refractivity contribution in [3.8, 4) is 11.3 Å². The van der Waals surface area contributed by atoms with E-state index in [2.05, 4.69) is 57.8 Å². The van der Waals surface area contributed by atoms with Crippen molar-refractivity contribution in [2.45, 2.75) is 38.8 Å². The monoisotopic (exact) mass is 405 g/mol. The van der Waals surface area contributed by atoms with Crippen LogP contribution in [0.1, 0.15) is 40.7 Å². The molecule has 0 unspecified atom stereocenters. The maximum Gasteiger partial charge on any atom is 0.251 e. The van der Waals surface area contributed by atoms with E-state index >= 15 is 0 Å². The largest absolute Gasteiger partial charge is 0.349 e. The van der Waals surface area contributed by atoms with Gasteiger partial charge in [-0.25, -0.2) is 4.98 Å². The summed E-state index contributed by atoms with van der Waals surface area (Å²) in [5, 5.41) is 6.43. The summed E-state index contributed by atoms with van der Waals surface area (Å²) in [5.74, 6) is 0.0191. The van der Waals surface area contributed by atoms with Crippen LogP contribution in [-0.4, -0.2) is 34.9 Å². The lowest BCUT2D eigenvalue weighted by atomic mass is 10.0. The summed E-state index contributed by atoms with van der Waals surface area (Å²) >= 11 is 1.68. The van der Waals surface area contributed by atoms with Gasteiger partial charge in [-0.15, -0.1) is 11.3 Å². The first-order valence-electron chi connectivity index (χ1n) is 10.3. The molecule has 1 amide bonds. The molecule has 5 heteroatoms. The highest BCUT2D eigenvalue weighted by atomic mass is 32.1. The fraction of sp³-hybridized carbons (Fsp3) is 0.333. The van der Waals surface area contributed by atoms with E-state index in [1.165, 1.54) is 5.56 Å². The number of hydrogen-bond acceptors (Lipinski definition) is 4. The SMILES string of the molecule is CCc1nc(-c2ccc(C(=O)NC3CCN(Cc4ccccc4)CC3)cc2)cs1. The maximum absolute atomic E-state index is 12.6. The number of carbonyl (C=O) groups is 1. The van der Waals surface area contributed by atoms with Crippen LogP contribution in [0.25, 0.3) is 11.3 Å². The van der Waals surface area contributed by atoms with Gasteiger partial charge in [-0.3, -0.25) is 9.69 Å². The number of aromatic nitrogens is 1. The van der Waals surface area contributed by atoms with E-state index in [0.717, 1.165) is 55.2 Å². The van der Waals surface area contributed by atoms with E-state index in [1.807, 2.05) is 24.3 Å². The van der Waals surface area contributed by atoms with Gasteiger partial charge >= 0.3 is 0 Å². The Balaban J connectivity index is 1.28. The van der Waals surface area contributed by atoms with Crippen LogP contribution in [-0.2, 0) is 13.0 Å². The molecule has 1 aliphatic heterocycles. The van der Waals surface area contributed by atoms with E-state index in [1.54, 1.807) is 11.3 Å². The molecule has 0 spiro atoms. The van der Waals surface area contributed by atoms with Gasteiger partial charge in [0.25, 0.3) is 5.91 Å². The first-order chi connectivity index (χ1) is 14.2. The Morgan fingerprint density at radius 2 is 1.83 bits per heavy atom. The van der Waals surface area contributed by atoms with Crippen LogP contribution in [0.15, 0.2) is 60.0 Å². The van der Waals surface area contributed by atoms with Crippen LogP contribution in [0.2, 0.25) is 0 Å². The van der Waals surface area contributed by atoms with Gasteiger partial charge in [0.15, 0.2) is 0 Å². The molecule has 1 saturated heterocycles. The normalized spacial score (nSPS) is 15.3. The van der Waals surface area contributed by atoms with Crippen LogP contribution in [0.5, 0.6) is 0 Å². The van der Waals surface area contributed by atoms with Crippen LogP contribution in [0, 0.1) is 0 Å². The van der Waals surface area contributed by atoms with Crippen molar-refractivity contribution in [2.24, 2.45) is 0 Å². The fourth-order valence-corrected chi connectivity index (χ4v) is 4.50. The number of amides is 1. The Hall–Kier alpha value is -2.50. The minimum absolute atomic E-state index is 0.0191. The number of thiazole rings is 1. The van der Waals surface area contributed by atoms with Gasteiger partial charge < -0.3 is 5.32 Å². The molecular formula is C24H27N3OS. The molecule has 150 valence electrons. The zero-order valence-electron chi connectivity index (χ0n) is 16.8. The Morgan fingerprint density at radius 3 is 2.48 bits per heavy atom. The first-order valence-corrected chi connectivity index (χ1v) is 11.2. The van der Waals surface area contributed by atoms with E-state index in [4.69, 9.17) is 0 Å². The number of carbonyl (C=O) groups excluding carboxylic acids is 1. The van der Waals surface area contributed by atoms with Crippen LogP contribution in [0.3, 0.4) is 0 Å². The number of aryl methyl sites for hydroxylation is 1. The van der Waals surface area contributed by atoms with Gasteiger partial charge in [0.2, 0.25) is 0 Å². The molecule has 1 aliphatic rings. The average Bonchev–Trinajstić information content (AvgIpc) is 3.25. The minimum atomic E-state index is 0.0191.